The van der Waals surface area contributed by atoms with Crippen LogP contribution in [0, 0.1) is 13.8 Å². The molecule has 0 fully saturated rings. The molecule has 0 bridgehead atoms. The Morgan fingerprint density at radius 3 is 2.65 bits per heavy atom. The van der Waals surface area contributed by atoms with Crippen LogP contribution in [0.3, 0.4) is 0 Å². The zero-order valence-electron chi connectivity index (χ0n) is 11.6. The average molecular weight is 338 g/mol. The lowest BCUT2D eigenvalue weighted by Crippen LogP contribution is -2.27. The van der Waals surface area contributed by atoms with Crippen molar-refractivity contribution in [3.05, 3.63) is 44.4 Å². The summed E-state index contributed by atoms with van der Waals surface area (Å²) >= 11 is 3.44. The second kappa shape index (κ2) is 6.13. The van der Waals surface area contributed by atoms with Gasteiger partial charge in [0.15, 0.2) is 0 Å². The molecule has 6 nitrogen and oxygen atoms in total. The number of aromatic nitrogens is 4. The molecule has 0 spiro atoms. The van der Waals surface area contributed by atoms with Crippen molar-refractivity contribution in [2.45, 2.75) is 27.3 Å². The van der Waals surface area contributed by atoms with E-state index >= 15 is 0 Å². The highest BCUT2D eigenvalue weighted by molar-refractivity contribution is 9.10. The maximum Gasteiger partial charge on any atom is 0.348 e. The Labute approximate surface area is 125 Å². The maximum absolute atomic E-state index is 12.0. The molecule has 0 atom stereocenters. The fraction of sp³-hybridized carbons (Fsp3) is 0.385. The molecule has 2 heterocycles. The van der Waals surface area contributed by atoms with Crippen molar-refractivity contribution < 1.29 is 0 Å². The zero-order chi connectivity index (χ0) is 14.7. The molecule has 0 aliphatic carbocycles. The second-order valence-corrected chi connectivity index (χ2v) is 5.18. The lowest BCUT2D eigenvalue weighted by atomic mass is 10.3. The second-order valence-electron chi connectivity index (χ2n) is 4.39. The Bertz CT molecular complexity index is 666. The number of anilines is 1. The number of hydrogen-bond donors (Lipinski definition) is 1. The van der Waals surface area contributed by atoms with Crippen LogP contribution in [0.4, 0.5) is 5.82 Å². The van der Waals surface area contributed by atoms with E-state index in [1.807, 2.05) is 13.8 Å². The Morgan fingerprint density at radius 1 is 1.30 bits per heavy atom. The van der Waals surface area contributed by atoms with Gasteiger partial charge in [0.1, 0.15) is 5.82 Å². The summed E-state index contributed by atoms with van der Waals surface area (Å²) in [4.78, 5) is 24.5. The number of aryl methyl sites for hydroxylation is 1. The third kappa shape index (κ3) is 3.04. The molecular weight excluding hydrogens is 322 g/mol. The number of halogens is 1. The first-order chi connectivity index (χ1) is 9.52. The Kier molecular flexibility index (Phi) is 4.49. The molecule has 1 N–H and O–H groups in total. The van der Waals surface area contributed by atoms with E-state index in [0.29, 0.717) is 12.2 Å². The molecule has 2 rings (SSSR count). The van der Waals surface area contributed by atoms with E-state index < -0.39 is 0 Å². The molecule has 2 aromatic rings. The van der Waals surface area contributed by atoms with Crippen molar-refractivity contribution in [2.75, 3.05) is 11.9 Å². The number of rotatable bonds is 4. The van der Waals surface area contributed by atoms with Gasteiger partial charge in [0.25, 0.3) is 0 Å². The predicted octanol–water partition coefficient (Wildman–Crippen LogP) is 1.89. The zero-order valence-corrected chi connectivity index (χ0v) is 13.2. The van der Waals surface area contributed by atoms with Crippen LogP contribution in [0.15, 0.2) is 21.7 Å². The topological polar surface area (TPSA) is 72.7 Å². The van der Waals surface area contributed by atoms with Crippen molar-refractivity contribution in [3.63, 3.8) is 0 Å². The largest absolute Gasteiger partial charge is 0.369 e. The van der Waals surface area contributed by atoms with Crippen LogP contribution in [0.25, 0.3) is 0 Å². The molecule has 0 aliphatic rings. The highest BCUT2D eigenvalue weighted by atomic mass is 79.9. The smallest absolute Gasteiger partial charge is 0.348 e. The molecule has 7 heteroatoms. The third-order valence-corrected chi connectivity index (χ3v) is 4.07. The van der Waals surface area contributed by atoms with Gasteiger partial charge in [0.05, 0.1) is 34.8 Å². The van der Waals surface area contributed by atoms with Gasteiger partial charge in [0.2, 0.25) is 0 Å². The summed E-state index contributed by atoms with van der Waals surface area (Å²) in [6.07, 6.45) is 3.33. The lowest BCUT2D eigenvalue weighted by molar-refractivity contribution is 0.673. The van der Waals surface area contributed by atoms with Gasteiger partial charge in [-0.25, -0.2) is 9.78 Å². The first-order valence-electron chi connectivity index (χ1n) is 6.31. The minimum atomic E-state index is -0.277. The Morgan fingerprint density at radius 2 is 2.05 bits per heavy atom. The van der Waals surface area contributed by atoms with Crippen LogP contribution < -0.4 is 11.0 Å². The quantitative estimate of drug-likeness (QED) is 0.922. The van der Waals surface area contributed by atoms with Gasteiger partial charge in [-0.1, -0.05) is 0 Å². The molecule has 20 heavy (non-hydrogen) atoms. The molecule has 0 unspecified atom stereocenters. The summed E-state index contributed by atoms with van der Waals surface area (Å²) in [7, 11) is 0. The van der Waals surface area contributed by atoms with Crippen LogP contribution in [-0.4, -0.2) is 26.1 Å². The van der Waals surface area contributed by atoms with E-state index in [4.69, 9.17) is 0 Å². The molecule has 0 saturated heterocycles. The normalized spacial score (nSPS) is 10.6. The van der Waals surface area contributed by atoms with Crippen molar-refractivity contribution >= 4 is 21.7 Å². The predicted molar refractivity (Wildman–Crippen MR) is 81.0 cm³/mol. The fourth-order valence-electron chi connectivity index (χ4n) is 1.83. The van der Waals surface area contributed by atoms with Crippen LogP contribution >= 0.6 is 15.9 Å². The van der Waals surface area contributed by atoms with E-state index in [2.05, 4.69) is 36.2 Å². The van der Waals surface area contributed by atoms with Gasteiger partial charge in [-0.05, 0) is 36.7 Å². The summed E-state index contributed by atoms with van der Waals surface area (Å²) in [5.41, 5.74) is 1.97. The molecule has 106 valence electrons. The van der Waals surface area contributed by atoms with E-state index in [1.165, 1.54) is 0 Å². The average Bonchev–Trinajstić information content (AvgIpc) is 2.43. The van der Waals surface area contributed by atoms with Crippen molar-refractivity contribution in [3.8, 4) is 0 Å². The fourth-order valence-corrected chi connectivity index (χ4v) is 2.14. The summed E-state index contributed by atoms with van der Waals surface area (Å²) in [5, 5.41) is 3.08. The maximum atomic E-state index is 12.0. The minimum Gasteiger partial charge on any atom is -0.369 e. The van der Waals surface area contributed by atoms with E-state index in [1.54, 1.807) is 23.9 Å². The highest BCUT2D eigenvalue weighted by Gasteiger charge is 2.10. The van der Waals surface area contributed by atoms with Crippen LogP contribution in [0.5, 0.6) is 0 Å². The number of nitrogens with one attached hydrogen (secondary N) is 1. The summed E-state index contributed by atoms with van der Waals surface area (Å²) in [6.45, 7) is 6.82. The molecule has 0 radical (unpaired) electrons. The Balaban J connectivity index is 2.30. The molecule has 0 saturated carbocycles. The molecular formula is C13H16BrN5O. The van der Waals surface area contributed by atoms with Gasteiger partial charge in [0, 0.05) is 12.2 Å². The summed E-state index contributed by atoms with van der Waals surface area (Å²) in [5.74, 6) is 0.725. The summed E-state index contributed by atoms with van der Waals surface area (Å²) in [6, 6.07) is 0. The third-order valence-electron chi connectivity index (χ3n) is 2.92. The lowest BCUT2D eigenvalue weighted by Gasteiger charge is -2.11. The van der Waals surface area contributed by atoms with Gasteiger partial charge >= 0.3 is 5.69 Å². The van der Waals surface area contributed by atoms with Gasteiger partial charge in [-0.2, -0.15) is 4.98 Å². The minimum absolute atomic E-state index is 0.277. The van der Waals surface area contributed by atoms with Crippen LogP contribution in [0.1, 0.15) is 24.0 Å². The van der Waals surface area contributed by atoms with Crippen LogP contribution in [-0.2, 0) is 6.54 Å². The van der Waals surface area contributed by atoms with Crippen molar-refractivity contribution in [1.82, 2.24) is 19.5 Å². The molecule has 0 aliphatic heterocycles. The first kappa shape index (κ1) is 14.6. The molecule has 0 aromatic carbocycles. The van der Waals surface area contributed by atoms with Gasteiger partial charge in [-0.3, -0.25) is 9.55 Å². The van der Waals surface area contributed by atoms with E-state index in [9.17, 15) is 4.79 Å². The SMILES string of the molecule is CCNc1cnc(Cn2c(C)c(Br)c(C)nc2=O)cn1. The Hall–Kier alpha value is -1.76. The number of hydrogen-bond acceptors (Lipinski definition) is 5. The first-order valence-corrected chi connectivity index (χ1v) is 7.10. The summed E-state index contributed by atoms with van der Waals surface area (Å²) < 4.78 is 2.42. The molecule has 0 amide bonds. The van der Waals surface area contributed by atoms with Crippen molar-refractivity contribution in [2.24, 2.45) is 0 Å². The standard InChI is InChI=1S/C13H16BrN5O/c1-4-15-11-6-16-10(5-17-11)7-19-9(3)12(14)8(2)18-13(19)20/h5-6H,4,7H2,1-3H3,(H,15,17). The van der Waals surface area contributed by atoms with E-state index in [-0.39, 0.29) is 5.69 Å². The monoisotopic (exact) mass is 337 g/mol. The van der Waals surface area contributed by atoms with Crippen LogP contribution in [0.2, 0.25) is 0 Å². The number of nitrogens with zero attached hydrogens (tertiary/aromatic N) is 4. The molecule has 2 aromatic heterocycles. The van der Waals surface area contributed by atoms with Gasteiger partial charge < -0.3 is 5.32 Å². The van der Waals surface area contributed by atoms with E-state index in [0.717, 1.165) is 28.2 Å². The van der Waals surface area contributed by atoms with Gasteiger partial charge in [-0.15, -0.1) is 0 Å². The highest BCUT2D eigenvalue weighted by Crippen LogP contribution is 2.17. The van der Waals surface area contributed by atoms with Crippen molar-refractivity contribution in [1.29, 1.82) is 0 Å².